The van der Waals surface area contributed by atoms with Gasteiger partial charge in [0.25, 0.3) is 0 Å². The third-order valence-corrected chi connectivity index (χ3v) is 4.18. The quantitative estimate of drug-likeness (QED) is 0.436. The largest absolute Gasteiger partial charge is 0.385 e. The van der Waals surface area contributed by atoms with Crippen LogP contribution in [0.25, 0.3) is 11.3 Å². The Labute approximate surface area is 151 Å². The molecule has 2 aromatic heterocycles. The maximum absolute atomic E-state index is 10.3. The third kappa shape index (κ3) is 4.44. The van der Waals surface area contributed by atoms with Gasteiger partial charge in [0.2, 0.25) is 11.3 Å². The second-order valence-corrected chi connectivity index (χ2v) is 6.02. The Balaban J connectivity index is 1.76. The molecule has 0 unspecified atom stereocenters. The Bertz CT molecular complexity index is 820. The molecule has 0 aliphatic heterocycles. The highest BCUT2D eigenvalue weighted by atomic mass is 16.6. The van der Waals surface area contributed by atoms with Crippen LogP contribution in [0.4, 0.5) is 17.3 Å². The lowest BCUT2D eigenvalue weighted by Gasteiger charge is -2.20. The summed E-state index contributed by atoms with van der Waals surface area (Å²) in [6, 6.07) is 9.64. The second kappa shape index (κ2) is 8.54. The summed E-state index contributed by atoms with van der Waals surface area (Å²) in [5.74, 6) is 0.993. The van der Waals surface area contributed by atoms with E-state index in [2.05, 4.69) is 44.8 Å². The van der Waals surface area contributed by atoms with Gasteiger partial charge in [0, 0.05) is 12.2 Å². The van der Waals surface area contributed by atoms with Crippen LogP contribution in [0.5, 0.6) is 0 Å². The van der Waals surface area contributed by atoms with Crippen LogP contribution in [0.3, 0.4) is 0 Å². The molecule has 0 saturated heterocycles. The highest BCUT2D eigenvalue weighted by Gasteiger charge is 2.16. The molecule has 0 saturated carbocycles. The maximum Gasteiger partial charge on any atom is 0.245 e. The van der Waals surface area contributed by atoms with Crippen molar-refractivity contribution in [1.29, 1.82) is 0 Å². The van der Waals surface area contributed by atoms with E-state index in [1.807, 2.05) is 30.3 Å². The fourth-order valence-electron chi connectivity index (χ4n) is 2.67. The average molecular weight is 358 g/mol. The van der Waals surface area contributed by atoms with Gasteiger partial charge in [0.15, 0.2) is 11.6 Å². The average Bonchev–Trinajstić information content (AvgIpc) is 3.12. The SMILES string of the molecule is CC[NH+](CC)C[C@H](O)CNc1nc2nonc2nc1Nc1ccccc1. The smallest absolute Gasteiger partial charge is 0.245 e. The van der Waals surface area contributed by atoms with Crippen molar-refractivity contribution in [3.8, 4) is 0 Å². The summed E-state index contributed by atoms with van der Waals surface area (Å²) >= 11 is 0. The van der Waals surface area contributed by atoms with Crippen molar-refractivity contribution in [3.63, 3.8) is 0 Å². The fourth-order valence-corrected chi connectivity index (χ4v) is 2.67. The minimum atomic E-state index is -0.498. The number of hydrogen-bond acceptors (Lipinski definition) is 8. The van der Waals surface area contributed by atoms with Crippen LogP contribution in [0, 0.1) is 0 Å². The van der Waals surface area contributed by atoms with Gasteiger partial charge in [-0.05, 0) is 36.3 Å². The number of para-hydroxylation sites is 1. The Kier molecular flexibility index (Phi) is 5.92. The lowest BCUT2D eigenvalue weighted by atomic mass is 10.3. The van der Waals surface area contributed by atoms with Gasteiger partial charge in [0.1, 0.15) is 12.6 Å². The Morgan fingerprint density at radius 1 is 1.04 bits per heavy atom. The van der Waals surface area contributed by atoms with E-state index in [1.54, 1.807) is 0 Å². The van der Waals surface area contributed by atoms with Crippen molar-refractivity contribution in [1.82, 2.24) is 20.3 Å². The van der Waals surface area contributed by atoms with E-state index in [1.165, 1.54) is 4.90 Å². The number of aliphatic hydroxyl groups is 1. The topological polar surface area (TPSA) is 113 Å². The molecule has 0 aliphatic carbocycles. The first-order valence-corrected chi connectivity index (χ1v) is 8.77. The summed E-state index contributed by atoms with van der Waals surface area (Å²) in [6.07, 6.45) is -0.498. The molecule has 4 N–H and O–H groups in total. The predicted octanol–water partition coefficient (Wildman–Crippen LogP) is 0.454. The molecule has 0 radical (unpaired) electrons. The van der Waals surface area contributed by atoms with Crippen molar-refractivity contribution in [3.05, 3.63) is 30.3 Å². The molecule has 3 rings (SSSR count). The molecule has 138 valence electrons. The summed E-state index contributed by atoms with van der Waals surface area (Å²) in [6.45, 7) is 7.20. The van der Waals surface area contributed by atoms with Crippen LogP contribution in [-0.2, 0) is 0 Å². The summed E-state index contributed by atoms with van der Waals surface area (Å²) in [7, 11) is 0. The standard InChI is InChI=1S/C17H23N7O2/c1-3-24(4-2)11-13(25)10-18-14-15(19-12-8-6-5-7-9-12)21-17-16(20-14)22-26-23-17/h5-9,13,25H,3-4,10-11H2,1-2H3,(H,18,20,22)(H,19,21,23)/p+1/t13-/m1/s1. The molecule has 0 bridgehead atoms. The minimum absolute atomic E-state index is 0.315. The molecule has 3 aromatic rings. The van der Waals surface area contributed by atoms with Gasteiger partial charge in [-0.15, -0.1) is 0 Å². The number of hydrogen-bond donors (Lipinski definition) is 4. The van der Waals surface area contributed by atoms with Crippen LogP contribution < -0.4 is 15.5 Å². The molecule has 9 nitrogen and oxygen atoms in total. The first-order valence-electron chi connectivity index (χ1n) is 8.77. The van der Waals surface area contributed by atoms with Gasteiger partial charge >= 0.3 is 0 Å². The molecule has 2 heterocycles. The number of anilines is 3. The number of quaternary nitrogens is 1. The summed E-state index contributed by atoms with van der Waals surface area (Å²) in [5.41, 5.74) is 1.51. The number of fused-ring (bicyclic) bond motifs is 1. The summed E-state index contributed by atoms with van der Waals surface area (Å²) in [4.78, 5) is 10.1. The zero-order chi connectivity index (χ0) is 18.4. The number of nitrogens with one attached hydrogen (secondary N) is 3. The molecular formula is C17H24N7O2+. The van der Waals surface area contributed by atoms with Gasteiger partial charge in [-0.2, -0.15) is 0 Å². The van der Waals surface area contributed by atoms with Crippen molar-refractivity contribution in [2.75, 3.05) is 36.8 Å². The minimum Gasteiger partial charge on any atom is -0.385 e. The molecule has 0 amide bonds. The van der Waals surface area contributed by atoms with Crippen molar-refractivity contribution >= 4 is 28.6 Å². The van der Waals surface area contributed by atoms with Crippen LogP contribution in [0.15, 0.2) is 35.0 Å². The van der Waals surface area contributed by atoms with E-state index in [9.17, 15) is 5.11 Å². The Morgan fingerprint density at radius 2 is 1.69 bits per heavy atom. The van der Waals surface area contributed by atoms with Crippen molar-refractivity contribution in [2.24, 2.45) is 0 Å². The maximum atomic E-state index is 10.3. The number of benzene rings is 1. The van der Waals surface area contributed by atoms with Crippen LogP contribution in [0.1, 0.15) is 13.8 Å². The monoisotopic (exact) mass is 358 g/mol. The van der Waals surface area contributed by atoms with Crippen molar-refractivity contribution in [2.45, 2.75) is 20.0 Å². The predicted molar refractivity (Wildman–Crippen MR) is 98.5 cm³/mol. The van der Waals surface area contributed by atoms with Gasteiger partial charge < -0.3 is 20.6 Å². The van der Waals surface area contributed by atoms with Crippen molar-refractivity contribution < 1.29 is 14.6 Å². The van der Waals surface area contributed by atoms with Crippen LogP contribution in [-0.4, -0.2) is 57.7 Å². The third-order valence-electron chi connectivity index (χ3n) is 4.18. The molecule has 0 spiro atoms. The molecule has 0 aliphatic rings. The van der Waals surface area contributed by atoms with Gasteiger partial charge in [-0.3, -0.25) is 0 Å². The lowest BCUT2D eigenvalue weighted by Crippen LogP contribution is -3.12. The van der Waals surface area contributed by atoms with E-state index < -0.39 is 6.10 Å². The Hall–Kier alpha value is -2.78. The number of rotatable bonds is 9. The lowest BCUT2D eigenvalue weighted by molar-refractivity contribution is -0.899. The van der Waals surface area contributed by atoms with E-state index in [-0.39, 0.29) is 0 Å². The van der Waals surface area contributed by atoms with Gasteiger partial charge in [-0.25, -0.2) is 14.6 Å². The normalized spacial score (nSPS) is 12.5. The summed E-state index contributed by atoms with van der Waals surface area (Å²) < 4.78 is 4.70. The first kappa shape index (κ1) is 18.0. The number of aliphatic hydroxyl groups excluding tert-OH is 1. The van der Waals surface area contributed by atoms with Crippen LogP contribution >= 0.6 is 0 Å². The van der Waals surface area contributed by atoms with E-state index >= 15 is 0 Å². The number of likely N-dealkylation sites (N-methyl/N-ethyl adjacent to an activating group) is 1. The zero-order valence-corrected chi connectivity index (χ0v) is 14.9. The molecule has 9 heteroatoms. The summed E-state index contributed by atoms with van der Waals surface area (Å²) in [5, 5.41) is 24.1. The van der Waals surface area contributed by atoms with Crippen LogP contribution in [0.2, 0.25) is 0 Å². The van der Waals surface area contributed by atoms with E-state index in [0.29, 0.717) is 36.0 Å². The zero-order valence-electron chi connectivity index (χ0n) is 14.9. The van der Waals surface area contributed by atoms with E-state index in [0.717, 1.165) is 18.8 Å². The highest BCUT2D eigenvalue weighted by Crippen LogP contribution is 2.23. The first-order chi connectivity index (χ1) is 12.7. The van der Waals surface area contributed by atoms with Gasteiger partial charge in [0.05, 0.1) is 13.1 Å². The number of nitrogens with zero attached hydrogens (tertiary/aromatic N) is 4. The molecular weight excluding hydrogens is 334 g/mol. The second-order valence-electron chi connectivity index (χ2n) is 6.02. The molecule has 1 aromatic carbocycles. The molecule has 0 fully saturated rings. The fraction of sp³-hybridized carbons (Fsp3) is 0.412. The molecule has 26 heavy (non-hydrogen) atoms. The Morgan fingerprint density at radius 3 is 2.35 bits per heavy atom. The molecule has 1 atom stereocenters. The van der Waals surface area contributed by atoms with E-state index in [4.69, 9.17) is 4.63 Å². The number of aromatic nitrogens is 4. The van der Waals surface area contributed by atoms with Gasteiger partial charge in [-0.1, -0.05) is 18.2 Å². The highest BCUT2D eigenvalue weighted by molar-refractivity contribution is 5.76.